The molecule has 0 amide bonds. The van der Waals surface area contributed by atoms with E-state index in [-0.39, 0.29) is 39.9 Å². The van der Waals surface area contributed by atoms with Crippen molar-refractivity contribution in [3.63, 3.8) is 0 Å². The van der Waals surface area contributed by atoms with E-state index in [4.69, 9.17) is 9.47 Å². The van der Waals surface area contributed by atoms with E-state index in [1.165, 1.54) is 5.57 Å². The number of epoxide rings is 1. The highest BCUT2D eigenvalue weighted by atomic mass is 16.6. The highest BCUT2D eigenvalue weighted by Gasteiger charge is 2.82. The second-order valence-electron chi connectivity index (χ2n) is 11.4. The monoisotopic (exact) mass is 413 g/mol. The third kappa shape index (κ3) is 2.12. The topological polar surface area (TPSA) is 67.9 Å². The summed E-state index contributed by atoms with van der Waals surface area (Å²) in [5, 5.41) is 3.87. The molecule has 30 heavy (non-hydrogen) atoms. The van der Waals surface area contributed by atoms with Gasteiger partial charge in [-0.25, -0.2) is 0 Å². The summed E-state index contributed by atoms with van der Waals surface area (Å²) < 4.78 is 12.9. The molecule has 6 rings (SSSR count). The predicted molar refractivity (Wildman–Crippen MR) is 112 cm³/mol. The molecule has 0 radical (unpaired) electrons. The highest BCUT2D eigenvalue weighted by Crippen LogP contribution is 2.77. The molecule has 0 aromatic rings. The van der Waals surface area contributed by atoms with Crippen molar-refractivity contribution in [2.75, 3.05) is 6.54 Å². The predicted octanol–water partition coefficient (Wildman–Crippen LogP) is 3.70. The largest absolute Gasteiger partial charge is 0.458 e. The molecule has 3 saturated carbocycles. The summed E-state index contributed by atoms with van der Waals surface area (Å²) in [5.74, 6) is 1.18. The van der Waals surface area contributed by atoms with Crippen molar-refractivity contribution in [1.82, 2.24) is 5.32 Å². The lowest BCUT2D eigenvalue weighted by atomic mass is 9.45. The minimum atomic E-state index is -0.290. The zero-order valence-corrected chi connectivity index (χ0v) is 18.6. The van der Waals surface area contributed by atoms with Crippen LogP contribution >= 0.6 is 0 Å². The van der Waals surface area contributed by atoms with E-state index in [9.17, 15) is 9.59 Å². The molecule has 5 nitrogen and oxygen atoms in total. The van der Waals surface area contributed by atoms with Gasteiger partial charge in [0.25, 0.3) is 0 Å². The fourth-order valence-electron chi connectivity index (χ4n) is 8.83. The number of carbonyl (C=O) groups is 2. The summed E-state index contributed by atoms with van der Waals surface area (Å²) in [5.41, 5.74) is 0.824. The first-order valence-corrected chi connectivity index (χ1v) is 12.2. The zero-order chi connectivity index (χ0) is 20.9. The molecule has 1 N–H and O–H groups in total. The summed E-state index contributed by atoms with van der Waals surface area (Å²) in [6, 6.07) is 0.331. The Labute approximate surface area is 179 Å². The van der Waals surface area contributed by atoms with Crippen LogP contribution in [-0.4, -0.2) is 41.6 Å². The SMILES string of the molecule is CCCN[C@@H]1CC2=CC(=O)CC[C@]2(C)[C@@]23O[C@H]2C[C@@]2(C)C(CC[C@@]24CCC(=O)O4)C13. The molecule has 2 unspecified atom stereocenters. The number of rotatable bonds is 3. The molecule has 8 atom stereocenters. The van der Waals surface area contributed by atoms with Gasteiger partial charge >= 0.3 is 5.97 Å². The van der Waals surface area contributed by atoms with E-state index in [0.29, 0.717) is 30.7 Å². The zero-order valence-electron chi connectivity index (χ0n) is 18.6. The van der Waals surface area contributed by atoms with Gasteiger partial charge in [0.05, 0.1) is 6.10 Å². The van der Waals surface area contributed by atoms with Crippen LogP contribution < -0.4 is 5.32 Å². The molecule has 2 saturated heterocycles. The Hall–Kier alpha value is -1.20. The maximum absolute atomic E-state index is 12.3. The fraction of sp³-hybridized carbons (Fsp3) is 0.840. The molecule has 0 aromatic heterocycles. The lowest BCUT2D eigenvalue weighted by Gasteiger charge is -2.59. The van der Waals surface area contributed by atoms with Crippen LogP contribution in [0.15, 0.2) is 11.6 Å². The average molecular weight is 414 g/mol. The third-order valence-electron chi connectivity index (χ3n) is 10.4. The highest BCUT2D eigenvalue weighted by molar-refractivity contribution is 5.92. The lowest BCUT2D eigenvalue weighted by molar-refractivity contribution is -0.165. The van der Waals surface area contributed by atoms with Gasteiger partial charge in [0.2, 0.25) is 0 Å². The van der Waals surface area contributed by atoms with Gasteiger partial charge in [-0.15, -0.1) is 0 Å². The number of nitrogens with one attached hydrogen (secondary N) is 1. The molecule has 5 fully saturated rings. The van der Waals surface area contributed by atoms with Crippen molar-refractivity contribution in [2.24, 2.45) is 22.7 Å². The minimum absolute atomic E-state index is 0.0112. The molecule has 0 bridgehead atoms. The number of fused-ring (bicyclic) bond motifs is 4. The molecular weight excluding hydrogens is 378 g/mol. The average Bonchev–Trinajstić information content (AvgIpc) is 3.19. The number of hydrogen-bond donors (Lipinski definition) is 1. The molecule has 2 spiro atoms. The van der Waals surface area contributed by atoms with Crippen LogP contribution in [0.1, 0.15) is 78.6 Å². The van der Waals surface area contributed by atoms with E-state index in [0.717, 1.165) is 51.5 Å². The first kappa shape index (κ1) is 19.5. The Morgan fingerprint density at radius 2 is 2.00 bits per heavy atom. The molecule has 2 heterocycles. The van der Waals surface area contributed by atoms with E-state index in [1.54, 1.807) is 0 Å². The molecular formula is C25H35NO4. The quantitative estimate of drug-likeness (QED) is 0.564. The van der Waals surface area contributed by atoms with Crippen molar-refractivity contribution >= 4 is 11.8 Å². The van der Waals surface area contributed by atoms with Crippen molar-refractivity contribution < 1.29 is 19.1 Å². The maximum atomic E-state index is 12.3. The summed E-state index contributed by atoms with van der Waals surface area (Å²) in [4.78, 5) is 24.5. The third-order valence-corrected chi connectivity index (χ3v) is 10.4. The number of ether oxygens (including phenoxy) is 2. The fourth-order valence-corrected chi connectivity index (χ4v) is 8.83. The van der Waals surface area contributed by atoms with Gasteiger partial charge in [-0.3, -0.25) is 9.59 Å². The first-order chi connectivity index (χ1) is 14.3. The summed E-state index contributed by atoms with van der Waals surface area (Å²) in [7, 11) is 0. The van der Waals surface area contributed by atoms with E-state index in [2.05, 4.69) is 26.1 Å². The molecule has 6 aliphatic rings. The molecule has 5 heteroatoms. The Morgan fingerprint density at radius 3 is 2.73 bits per heavy atom. The van der Waals surface area contributed by atoms with Crippen LogP contribution in [0.25, 0.3) is 0 Å². The van der Waals surface area contributed by atoms with Crippen LogP contribution in [0.3, 0.4) is 0 Å². The molecule has 0 aromatic carbocycles. The van der Waals surface area contributed by atoms with Crippen molar-refractivity contribution in [2.45, 2.75) is 102 Å². The van der Waals surface area contributed by atoms with E-state index < -0.39 is 0 Å². The second-order valence-corrected chi connectivity index (χ2v) is 11.4. The van der Waals surface area contributed by atoms with Crippen molar-refractivity contribution in [3.8, 4) is 0 Å². The number of hydrogen-bond acceptors (Lipinski definition) is 5. The summed E-state index contributed by atoms with van der Waals surface area (Å²) in [6.45, 7) is 7.97. The standard InChI is InChI=1S/C25H35NO4/c1-4-11-26-18-13-15-12-16(27)5-8-22(15,2)25-19(29-25)14-23(3)17(21(18)25)6-9-24(23)10-7-20(28)30-24/h12,17-19,21,26H,4-11,13-14H2,1-3H3/t17?,18-,19+,21?,22+,23+,24-,25-/m1/s1. The van der Waals surface area contributed by atoms with Crippen LogP contribution in [0.5, 0.6) is 0 Å². The van der Waals surface area contributed by atoms with E-state index >= 15 is 0 Å². The lowest BCUT2D eigenvalue weighted by Crippen LogP contribution is -2.65. The van der Waals surface area contributed by atoms with Gasteiger partial charge in [-0.2, -0.15) is 0 Å². The molecule has 164 valence electrons. The van der Waals surface area contributed by atoms with Gasteiger partial charge in [-0.05, 0) is 63.5 Å². The summed E-state index contributed by atoms with van der Waals surface area (Å²) >= 11 is 0. The van der Waals surface area contributed by atoms with Crippen LogP contribution in [0, 0.1) is 22.7 Å². The maximum Gasteiger partial charge on any atom is 0.306 e. The number of carbonyl (C=O) groups excluding carboxylic acids is 2. The van der Waals surface area contributed by atoms with Gasteiger partial charge in [0.1, 0.15) is 11.2 Å². The Kier molecular flexibility index (Phi) is 3.88. The Morgan fingerprint density at radius 1 is 1.17 bits per heavy atom. The molecule has 2 aliphatic heterocycles. The van der Waals surface area contributed by atoms with Crippen molar-refractivity contribution in [1.29, 1.82) is 0 Å². The minimum Gasteiger partial charge on any atom is -0.458 e. The van der Waals surface area contributed by atoms with Crippen LogP contribution in [0.4, 0.5) is 0 Å². The Balaban J connectivity index is 1.45. The summed E-state index contributed by atoms with van der Waals surface area (Å²) in [6.07, 6.45) is 10.3. The van der Waals surface area contributed by atoms with Gasteiger partial charge in [0, 0.05) is 35.6 Å². The van der Waals surface area contributed by atoms with Crippen LogP contribution in [0.2, 0.25) is 0 Å². The van der Waals surface area contributed by atoms with Gasteiger partial charge in [0.15, 0.2) is 5.78 Å². The Bertz CT molecular complexity index is 852. The number of ketones is 1. The van der Waals surface area contributed by atoms with Crippen molar-refractivity contribution in [3.05, 3.63) is 11.6 Å². The smallest absolute Gasteiger partial charge is 0.306 e. The molecule has 4 aliphatic carbocycles. The first-order valence-electron chi connectivity index (χ1n) is 12.2. The van der Waals surface area contributed by atoms with Gasteiger partial charge < -0.3 is 14.8 Å². The van der Waals surface area contributed by atoms with Crippen LogP contribution in [-0.2, 0) is 19.1 Å². The number of esters is 1. The van der Waals surface area contributed by atoms with E-state index in [1.807, 2.05) is 6.08 Å². The second kappa shape index (κ2) is 5.98. The normalized spacial score (nSPS) is 53.5. The van der Waals surface area contributed by atoms with Gasteiger partial charge in [-0.1, -0.05) is 26.3 Å².